The minimum Gasteiger partial charge on any atom is -0.378 e. The number of imide groups is 1. The Kier molecular flexibility index (Phi) is 19.2. The zero-order valence-electron chi connectivity index (χ0n) is 19.8. The Labute approximate surface area is 220 Å². The molecule has 1 saturated heterocycles. The van der Waals surface area contributed by atoms with Crippen LogP contribution in [0.1, 0.15) is 33.3 Å². The zero-order valence-corrected chi connectivity index (χ0v) is 24.0. The number of hydrogen-bond donors (Lipinski definition) is 6. The lowest BCUT2D eigenvalue weighted by Gasteiger charge is -2.29. The quantitative estimate of drug-likeness (QED) is 0.222. The molecule has 2 heterocycles. The van der Waals surface area contributed by atoms with Gasteiger partial charge in [-0.25, -0.2) is 0 Å². The number of carbonyl (C=O) groups excluding carboxylic acids is 2. The third-order valence-electron chi connectivity index (χ3n) is 3.60. The first-order valence-corrected chi connectivity index (χ1v) is 16.1. The van der Waals surface area contributed by atoms with Gasteiger partial charge >= 0.3 is 13.4 Å². The van der Waals surface area contributed by atoms with Gasteiger partial charge in [-0.05, 0) is 41.3 Å². The number of hydrogen-bond acceptors (Lipinski definition) is 6. The smallest absolute Gasteiger partial charge is 0.319 e. The molecule has 11 nitrogen and oxygen atoms in total. The van der Waals surface area contributed by atoms with Crippen molar-refractivity contribution < 1.29 is 43.7 Å². The van der Waals surface area contributed by atoms with Crippen molar-refractivity contribution >= 4 is 60.5 Å². The second-order valence-corrected chi connectivity index (χ2v) is 11.4. The average molecular weight is 595 g/mol. The van der Waals surface area contributed by atoms with Crippen molar-refractivity contribution in [1.29, 1.82) is 0 Å². The fraction of sp³-hybridized carbons (Fsp3) is 0.474. The van der Waals surface area contributed by atoms with Crippen LogP contribution < -0.4 is 0 Å². The Bertz CT molecular complexity index is 866. The average Bonchev–Trinajstić information content (AvgIpc) is 3.05. The summed E-state index contributed by atoms with van der Waals surface area (Å²) < 4.78 is 5.26. The van der Waals surface area contributed by atoms with Crippen molar-refractivity contribution in [3.63, 3.8) is 0 Å². The van der Waals surface area contributed by atoms with E-state index in [-0.39, 0.29) is 18.4 Å². The molecule has 202 valence electrons. The van der Waals surface area contributed by atoms with Gasteiger partial charge in [-0.1, -0.05) is 51.4 Å². The summed E-state index contributed by atoms with van der Waals surface area (Å²) >= 11 is 13.0. The van der Waals surface area contributed by atoms with E-state index in [4.69, 9.17) is 45.7 Å². The summed E-state index contributed by atoms with van der Waals surface area (Å²) in [6.07, 6.45) is 1.42. The lowest BCUT2D eigenvalue weighted by Crippen LogP contribution is -2.40. The van der Waals surface area contributed by atoms with E-state index in [1.165, 1.54) is 11.0 Å². The minimum atomic E-state index is -3.81. The van der Waals surface area contributed by atoms with E-state index in [1.807, 2.05) is 44.7 Å². The highest BCUT2D eigenvalue weighted by atomic mass is 35.5. The van der Waals surface area contributed by atoms with Crippen LogP contribution in [0.5, 0.6) is 0 Å². The first-order chi connectivity index (χ1) is 16.1. The third-order valence-corrected chi connectivity index (χ3v) is 3.85. The molecule has 0 unspecified atom stereocenters. The first kappa shape index (κ1) is 36.4. The summed E-state index contributed by atoms with van der Waals surface area (Å²) in [5.41, 5.74) is 1.34. The van der Waals surface area contributed by atoms with Gasteiger partial charge in [-0.15, -0.1) is 0 Å². The molecule has 0 bridgehead atoms. The highest BCUT2D eigenvalue weighted by Gasteiger charge is 2.34. The van der Waals surface area contributed by atoms with Gasteiger partial charge in [0.25, 0.3) is 11.8 Å². The van der Waals surface area contributed by atoms with E-state index in [0.717, 1.165) is 5.56 Å². The lowest BCUT2D eigenvalue weighted by molar-refractivity contribution is -0.138. The van der Waals surface area contributed by atoms with Gasteiger partial charge in [-0.2, -0.15) is 0 Å². The molecule has 1 aromatic carbocycles. The first-order valence-electron chi connectivity index (χ1n) is 10.4. The monoisotopic (exact) mass is 594 g/mol. The molecular weight excluding hydrogens is 562 g/mol. The molecule has 2 aliphatic heterocycles. The Morgan fingerprint density at radius 2 is 1.29 bits per heavy atom. The maximum atomic E-state index is 12.4. The van der Waals surface area contributed by atoms with Crippen LogP contribution >= 0.6 is 25.0 Å². The Hall–Kier alpha value is -0.790. The zero-order chi connectivity index (χ0) is 27.8. The van der Waals surface area contributed by atoms with Gasteiger partial charge in [0.15, 0.2) is 0 Å². The van der Waals surface area contributed by atoms with Crippen LogP contribution in [0.15, 0.2) is 36.0 Å². The van der Waals surface area contributed by atoms with Gasteiger partial charge in [0.05, 0.1) is 19.8 Å². The van der Waals surface area contributed by atoms with E-state index in [9.17, 15) is 9.59 Å². The van der Waals surface area contributed by atoms with Crippen molar-refractivity contribution in [3.05, 3.63) is 46.6 Å². The maximum absolute atomic E-state index is 12.4. The maximum Gasteiger partial charge on any atom is 0.319 e. The predicted octanol–water partition coefficient (Wildman–Crippen LogP) is 1.85. The van der Waals surface area contributed by atoms with Gasteiger partial charge in [0.1, 0.15) is 5.70 Å². The van der Waals surface area contributed by atoms with Crippen LogP contribution in [-0.4, -0.2) is 77.3 Å². The van der Waals surface area contributed by atoms with Crippen LogP contribution in [0.25, 0.3) is 0 Å². The van der Waals surface area contributed by atoms with Crippen LogP contribution in [0.4, 0.5) is 0 Å². The Morgan fingerprint density at radius 1 is 0.886 bits per heavy atom. The van der Waals surface area contributed by atoms with E-state index in [1.54, 1.807) is 12.1 Å². The summed E-state index contributed by atoms with van der Waals surface area (Å²) in [5, 5.41) is 0.630. The summed E-state index contributed by atoms with van der Waals surface area (Å²) in [6, 6.07) is 7.13. The molecule has 0 saturated carbocycles. The third kappa shape index (κ3) is 19.0. The van der Waals surface area contributed by atoms with Gasteiger partial charge < -0.3 is 39.0 Å². The molecule has 1 aromatic rings. The fourth-order valence-electron chi connectivity index (χ4n) is 2.45. The standard InChI is InChI=1S/C15H15ClN2O3.2C2H6.2H3O3PS/c16-12-3-1-11(2-4-12)10-18-14(19)9-13(15(18)20)17-5-7-21-8-6-17;2*1-2;2*1-4(2,3)5/h1-4,9H,5-8,10H2;2*1-2H3;2*(H3,1,2,3,5). The van der Waals surface area contributed by atoms with Gasteiger partial charge in [-0.3, -0.25) is 14.5 Å². The van der Waals surface area contributed by atoms with Crippen molar-refractivity contribution in [2.24, 2.45) is 0 Å². The molecule has 0 radical (unpaired) electrons. The Balaban J connectivity index is 0. The number of carbonyl (C=O) groups is 2. The second-order valence-electron chi connectivity index (χ2n) is 6.01. The molecule has 3 rings (SSSR count). The van der Waals surface area contributed by atoms with Crippen molar-refractivity contribution in [2.45, 2.75) is 34.2 Å². The largest absolute Gasteiger partial charge is 0.378 e. The van der Waals surface area contributed by atoms with Crippen molar-refractivity contribution in [2.75, 3.05) is 26.3 Å². The van der Waals surface area contributed by atoms with Crippen molar-refractivity contribution in [1.82, 2.24) is 9.80 Å². The molecule has 2 aliphatic rings. The SMILES string of the molecule is CC.CC.O=C1C=C(N2CCOCC2)C(=O)N1Cc1ccc(Cl)cc1.OP(O)(O)=S.OP(O)(O)=S. The second kappa shape index (κ2) is 18.5. The normalized spacial score (nSPS) is 15.2. The summed E-state index contributed by atoms with van der Waals surface area (Å²) in [6.45, 7) is 3.09. The van der Waals surface area contributed by atoms with E-state index >= 15 is 0 Å². The number of morpholine rings is 1. The molecule has 0 aromatic heterocycles. The minimum absolute atomic E-state index is 0.239. The molecule has 0 spiro atoms. The molecule has 2 amide bonds. The molecule has 1 fully saturated rings. The highest BCUT2D eigenvalue weighted by molar-refractivity contribution is 8.06. The summed E-state index contributed by atoms with van der Waals surface area (Å²) in [4.78, 5) is 73.0. The summed E-state index contributed by atoms with van der Waals surface area (Å²) in [5.74, 6) is -0.506. The number of nitrogens with zero attached hydrogens (tertiary/aromatic N) is 2. The van der Waals surface area contributed by atoms with E-state index < -0.39 is 13.4 Å². The number of ether oxygens (including phenoxy) is 1. The molecule has 35 heavy (non-hydrogen) atoms. The summed E-state index contributed by atoms with van der Waals surface area (Å²) in [7, 11) is 0. The van der Waals surface area contributed by atoms with Gasteiger partial charge in [0.2, 0.25) is 0 Å². The topological polar surface area (TPSA) is 171 Å². The Morgan fingerprint density at radius 3 is 1.69 bits per heavy atom. The number of halogens is 1. The van der Waals surface area contributed by atoms with Crippen LogP contribution in [0, 0.1) is 0 Å². The molecular formula is C19H33ClN2O9P2S2. The predicted molar refractivity (Wildman–Crippen MR) is 142 cm³/mol. The van der Waals surface area contributed by atoms with Crippen molar-refractivity contribution in [3.8, 4) is 0 Å². The van der Waals surface area contributed by atoms with Gasteiger partial charge in [0, 0.05) is 24.2 Å². The fourth-order valence-corrected chi connectivity index (χ4v) is 2.57. The number of benzene rings is 1. The molecule has 0 aliphatic carbocycles. The van der Waals surface area contributed by atoms with E-state index in [0.29, 0.717) is 37.0 Å². The molecule has 6 N–H and O–H groups in total. The van der Waals surface area contributed by atoms with Crippen LogP contribution in [0.3, 0.4) is 0 Å². The number of rotatable bonds is 3. The molecule has 16 heteroatoms. The van der Waals surface area contributed by atoms with Crippen LogP contribution in [-0.2, 0) is 44.5 Å². The number of amides is 2. The lowest BCUT2D eigenvalue weighted by atomic mass is 10.2. The molecule has 0 atom stereocenters. The van der Waals surface area contributed by atoms with E-state index in [2.05, 4.69) is 23.6 Å². The highest BCUT2D eigenvalue weighted by Crippen LogP contribution is 2.27. The van der Waals surface area contributed by atoms with Crippen LogP contribution in [0.2, 0.25) is 5.02 Å².